The van der Waals surface area contributed by atoms with E-state index in [1.165, 1.54) is 16.5 Å². The van der Waals surface area contributed by atoms with Crippen LogP contribution < -0.4 is 10.1 Å². The predicted octanol–water partition coefficient (Wildman–Crippen LogP) is 4.57. The van der Waals surface area contributed by atoms with E-state index < -0.39 is 0 Å². The van der Waals surface area contributed by atoms with Crippen molar-refractivity contribution in [2.75, 3.05) is 5.32 Å². The number of nitrogens with one attached hydrogen (secondary N) is 2. The van der Waals surface area contributed by atoms with Crippen LogP contribution in [0.2, 0.25) is 0 Å². The molecule has 2 aromatic carbocycles. The third kappa shape index (κ3) is 3.19. The molecular weight excluding hydrogens is 260 g/mol. The molecule has 0 aliphatic rings. The average Bonchev–Trinajstić information content (AvgIpc) is 2.93. The Kier molecular flexibility index (Phi) is 3.82. The number of hydrogen-bond donors (Lipinski definition) is 2. The van der Waals surface area contributed by atoms with Gasteiger partial charge in [0, 0.05) is 18.3 Å². The van der Waals surface area contributed by atoms with Crippen LogP contribution in [0.15, 0.2) is 54.7 Å². The van der Waals surface area contributed by atoms with Gasteiger partial charge in [0.1, 0.15) is 5.75 Å². The molecular formula is C18H20N2O. The van der Waals surface area contributed by atoms with E-state index in [0.717, 1.165) is 18.0 Å². The molecule has 3 aromatic rings. The number of fused-ring (bicyclic) bond motifs is 1. The van der Waals surface area contributed by atoms with E-state index in [1.54, 1.807) is 0 Å². The number of hydrogen-bond acceptors (Lipinski definition) is 2. The number of aromatic amines is 1. The molecule has 0 aliphatic carbocycles. The quantitative estimate of drug-likeness (QED) is 0.718. The molecule has 3 rings (SSSR count). The molecule has 0 radical (unpaired) electrons. The van der Waals surface area contributed by atoms with Gasteiger partial charge in [0.15, 0.2) is 0 Å². The van der Waals surface area contributed by atoms with Crippen LogP contribution in [0.4, 0.5) is 5.69 Å². The molecule has 0 saturated carbocycles. The molecule has 0 fully saturated rings. The minimum Gasteiger partial charge on any atom is -0.489 e. The van der Waals surface area contributed by atoms with Crippen molar-refractivity contribution in [2.45, 2.75) is 26.5 Å². The van der Waals surface area contributed by atoms with Gasteiger partial charge in [-0.15, -0.1) is 0 Å². The number of rotatable bonds is 5. The maximum Gasteiger partial charge on any atom is 0.142 e. The van der Waals surface area contributed by atoms with Crippen molar-refractivity contribution in [2.24, 2.45) is 0 Å². The topological polar surface area (TPSA) is 37.0 Å². The lowest BCUT2D eigenvalue weighted by molar-refractivity contribution is 0.243. The third-order valence-corrected chi connectivity index (χ3v) is 3.35. The average molecular weight is 280 g/mol. The fourth-order valence-corrected chi connectivity index (χ4v) is 2.38. The summed E-state index contributed by atoms with van der Waals surface area (Å²) >= 11 is 0. The van der Waals surface area contributed by atoms with E-state index in [9.17, 15) is 0 Å². The van der Waals surface area contributed by atoms with Crippen LogP contribution in [0.25, 0.3) is 10.9 Å². The first-order valence-corrected chi connectivity index (χ1v) is 7.28. The molecule has 0 unspecified atom stereocenters. The van der Waals surface area contributed by atoms with Gasteiger partial charge in [-0.05, 0) is 55.1 Å². The number of ether oxygens (including phenoxy) is 1. The number of anilines is 1. The number of H-pyrrole nitrogens is 1. The summed E-state index contributed by atoms with van der Waals surface area (Å²) in [6.07, 6.45) is 2.14. The lowest BCUT2D eigenvalue weighted by atomic mass is 10.1. The lowest BCUT2D eigenvalue weighted by Gasteiger charge is -2.15. The SMILES string of the molecule is CC(C)Oc1ccccc1NCc1ccc2[nH]ccc2c1. The zero-order chi connectivity index (χ0) is 14.7. The molecule has 0 amide bonds. The zero-order valence-corrected chi connectivity index (χ0v) is 12.4. The minimum atomic E-state index is 0.171. The van der Waals surface area contributed by atoms with Gasteiger partial charge < -0.3 is 15.0 Å². The Hall–Kier alpha value is -2.42. The second-order valence-corrected chi connectivity index (χ2v) is 5.42. The van der Waals surface area contributed by atoms with Crippen LogP contribution in [0, 0.1) is 0 Å². The molecule has 1 aromatic heterocycles. The molecule has 0 spiro atoms. The summed E-state index contributed by atoms with van der Waals surface area (Å²) < 4.78 is 5.82. The summed E-state index contributed by atoms with van der Waals surface area (Å²) in [6.45, 7) is 4.85. The summed E-state index contributed by atoms with van der Waals surface area (Å²) in [5.41, 5.74) is 3.45. The van der Waals surface area contributed by atoms with E-state index >= 15 is 0 Å². The van der Waals surface area contributed by atoms with E-state index in [-0.39, 0.29) is 6.10 Å². The summed E-state index contributed by atoms with van der Waals surface area (Å²) in [5, 5.41) is 4.69. The largest absolute Gasteiger partial charge is 0.489 e. The summed E-state index contributed by atoms with van der Waals surface area (Å²) in [6, 6.07) is 16.6. The molecule has 0 atom stereocenters. The normalized spacial score (nSPS) is 11.0. The highest BCUT2D eigenvalue weighted by Crippen LogP contribution is 2.25. The first-order chi connectivity index (χ1) is 10.2. The van der Waals surface area contributed by atoms with Crippen molar-refractivity contribution in [3.05, 3.63) is 60.3 Å². The molecule has 0 aliphatic heterocycles. The highest BCUT2D eigenvalue weighted by atomic mass is 16.5. The van der Waals surface area contributed by atoms with Gasteiger partial charge in [-0.1, -0.05) is 18.2 Å². The monoisotopic (exact) mass is 280 g/mol. The smallest absolute Gasteiger partial charge is 0.142 e. The summed E-state index contributed by atoms with van der Waals surface area (Å²) in [7, 11) is 0. The fraction of sp³-hybridized carbons (Fsp3) is 0.222. The van der Waals surface area contributed by atoms with Gasteiger partial charge in [0.2, 0.25) is 0 Å². The standard InChI is InChI=1S/C18H20N2O/c1-13(2)21-18-6-4-3-5-17(18)20-12-14-7-8-16-15(11-14)9-10-19-16/h3-11,13,19-20H,12H2,1-2H3. The summed E-state index contributed by atoms with van der Waals surface area (Å²) in [5.74, 6) is 0.898. The Labute approximate surface area is 125 Å². The van der Waals surface area contributed by atoms with Crippen molar-refractivity contribution in [3.63, 3.8) is 0 Å². The molecule has 0 saturated heterocycles. The Balaban J connectivity index is 1.74. The van der Waals surface area contributed by atoms with Crippen LogP contribution in [0.5, 0.6) is 5.75 Å². The molecule has 1 heterocycles. The Bertz CT molecular complexity index is 731. The van der Waals surface area contributed by atoms with Gasteiger partial charge in [-0.3, -0.25) is 0 Å². The first kappa shape index (κ1) is 13.6. The molecule has 0 bridgehead atoms. The highest BCUT2D eigenvalue weighted by Gasteiger charge is 2.05. The molecule has 21 heavy (non-hydrogen) atoms. The van der Waals surface area contributed by atoms with E-state index in [4.69, 9.17) is 4.74 Å². The van der Waals surface area contributed by atoms with Crippen LogP contribution in [0.3, 0.4) is 0 Å². The maximum atomic E-state index is 5.82. The molecule has 3 nitrogen and oxygen atoms in total. The maximum absolute atomic E-state index is 5.82. The molecule has 108 valence electrons. The van der Waals surface area contributed by atoms with Crippen molar-refractivity contribution >= 4 is 16.6 Å². The second-order valence-electron chi connectivity index (χ2n) is 5.42. The third-order valence-electron chi connectivity index (χ3n) is 3.35. The van der Waals surface area contributed by atoms with Gasteiger partial charge in [0.25, 0.3) is 0 Å². The lowest BCUT2D eigenvalue weighted by Crippen LogP contribution is -2.08. The van der Waals surface area contributed by atoms with Gasteiger partial charge in [0.05, 0.1) is 11.8 Å². The van der Waals surface area contributed by atoms with Crippen LogP contribution >= 0.6 is 0 Å². The molecule has 2 N–H and O–H groups in total. The predicted molar refractivity (Wildman–Crippen MR) is 87.8 cm³/mol. The van der Waals surface area contributed by atoms with Crippen LogP contribution in [-0.4, -0.2) is 11.1 Å². The number of para-hydroxylation sites is 2. The summed E-state index contributed by atoms with van der Waals surface area (Å²) in [4.78, 5) is 3.21. The van der Waals surface area contributed by atoms with E-state index in [1.807, 2.05) is 44.3 Å². The van der Waals surface area contributed by atoms with Gasteiger partial charge in [-0.25, -0.2) is 0 Å². The Morgan fingerprint density at radius 3 is 2.81 bits per heavy atom. The van der Waals surface area contributed by atoms with E-state index in [0.29, 0.717) is 0 Å². The zero-order valence-electron chi connectivity index (χ0n) is 12.4. The van der Waals surface area contributed by atoms with E-state index in [2.05, 4.69) is 34.6 Å². The van der Waals surface area contributed by atoms with Crippen LogP contribution in [0.1, 0.15) is 19.4 Å². The van der Waals surface area contributed by atoms with Crippen molar-refractivity contribution in [3.8, 4) is 5.75 Å². The van der Waals surface area contributed by atoms with Crippen molar-refractivity contribution in [1.82, 2.24) is 4.98 Å². The van der Waals surface area contributed by atoms with Crippen molar-refractivity contribution in [1.29, 1.82) is 0 Å². The minimum absolute atomic E-state index is 0.171. The van der Waals surface area contributed by atoms with Crippen molar-refractivity contribution < 1.29 is 4.74 Å². The Morgan fingerprint density at radius 1 is 1.10 bits per heavy atom. The Morgan fingerprint density at radius 2 is 1.95 bits per heavy atom. The second kappa shape index (κ2) is 5.92. The molecule has 3 heteroatoms. The fourth-order valence-electron chi connectivity index (χ4n) is 2.38. The van der Waals surface area contributed by atoms with Gasteiger partial charge >= 0.3 is 0 Å². The van der Waals surface area contributed by atoms with Crippen LogP contribution in [-0.2, 0) is 6.54 Å². The number of benzene rings is 2. The number of aromatic nitrogens is 1. The van der Waals surface area contributed by atoms with Gasteiger partial charge in [-0.2, -0.15) is 0 Å². The first-order valence-electron chi connectivity index (χ1n) is 7.28. The highest BCUT2D eigenvalue weighted by molar-refractivity contribution is 5.80.